The molecule has 26 heavy (non-hydrogen) atoms. The van der Waals surface area contributed by atoms with Crippen LogP contribution in [0, 0.1) is 5.92 Å². The van der Waals surface area contributed by atoms with E-state index in [4.69, 9.17) is 4.74 Å². The summed E-state index contributed by atoms with van der Waals surface area (Å²) in [7, 11) is 0. The number of amides is 2. The molecule has 1 atom stereocenters. The molecule has 1 aliphatic carbocycles. The first-order valence-corrected chi connectivity index (χ1v) is 9.97. The molecule has 5 heteroatoms. The van der Waals surface area contributed by atoms with Crippen molar-refractivity contribution in [2.24, 2.45) is 5.92 Å². The van der Waals surface area contributed by atoms with E-state index in [-0.39, 0.29) is 23.8 Å². The van der Waals surface area contributed by atoms with E-state index in [9.17, 15) is 9.59 Å². The van der Waals surface area contributed by atoms with Crippen LogP contribution in [0.1, 0.15) is 58.8 Å². The van der Waals surface area contributed by atoms with Gasteiger partial charge in [0.1, 0.15) is 5.75 Å². The number of hydrogen-bond donors (Lipinski definition) is 1. The largest absolute Gasteiger partial charge is 0.490 e. The molecule has 3 rings (SSSR count). The summed E-state index contributed by atoms with van der Waals surface area (Å²) in [5.41, 5.74) is 0.735. The van der Waals surface area contributed by atoms with Gasteiger partial charge in [0.15, 0.2) is 0 Å². The number of carbonyl (C=O) groups excluding carboxylic acids is 2. The molecule has 1 unspecified atom stereocenters. The summed E-state index contributed by atoms with van der Waals surface area (Å²) in [6.07, 6.45) is 7.11. The lowest BCUT2D eigenvalue weighted by atomic mass is 10.1. The van der Waals surface area contributed by atoms with Gasteiger partial charge in [-0.2, -0.15) is 0 Å². The molecule has 0 radical (unpaired) electrons. The number of rotatable bonds is 7. The average Bonchev–Trinajstić information content (AvgIpc) is 3.27. The van der Waals surface area contributed by atoms with E-state index in [0.717, 1.165) is 37.1 Å². The lowest BCUT2D eigenvalue weighted by molar-refractivity contribution is -0.130. The lowest BCUT2D eigenvalue weighted by Crippen LogP contribution is -2.36. The second-order valence-corrected chi connectivity index (χ2v) is 7.46. The van der Waals surface area contributed by atoms with Gasteiger partial charge in [-0.05, 0) is 50.7 Å². The van der Waals surface area contributed by atoms with Gasteiger partial charge in [0.05, 0.1) is 12.0 Å². The zero-order valence-electron chi connectivity index (χ0n) is 15.9. The topological polar surface area (TPSA) is 58.6 Å². The van der Waals surface area contributed by atoms with Crippen LogP contribution in [0.15, 0.2) is 24.3 Å². The van der Waals surface area contributed by atoms with Crippen molar-refractivity contribution in [2.75, 3.05) is 11.9 Å². The fourth-order valence-electron chi connectivity index (χ4n) is 4.08. The molecule has 142 valence electrons. The number of ether oxygens (including phenoxy) is 1. The molecule has 2 aliphatic rings. The summed E-state index contributed by atoms with van der Waals surface area (Å²) in [6, 6.07) is 7.82. The maximum Gasteiger partial charge on any atom is 0.229 e. The maximum absolute atomic E-state index is 12.6. The van der Waals surface area contributed by atoms with Crippen LogP contribution in [-0.2, 0) is 9.59 Å². The Balaban J connectivity index is 1.58. The molecule has 1 aliphatic heterocycles. The normalized spacial score (nSPS) is 20.8. The molecular weight excluding hydrogens is 328 g/mol. The second-order valence-electron chi connectivity index (χ2n) is 7.46. The SMILES string of the molecule is CCC(CC)N1CC(C(=O)Nc2cccc(OC3CCCC3)c2)CC1=O. The number of likely N-dealkylation sites (tertiary alicyclic amines) is 1. The van der Waals surface area contributed by atoms with Gasteiger partial charge in [0.25, 0.3) is 0 Å². The molecule has 1 aromatic rings. The Kier molecular flexibility index (Phi) is 6.17. The Bertz CT molecular complexity index is 636. The number of carbonyl (C=O) groups is 2. The van der Waals surface area contributed by atoms with Gasteiger partial charge in [-0.3, -0.25) is 9.59 Å². The molecule has 2 fully saturated rings. The molecule has 2 amide bonds. The fraction of sp³-hybridized carbons (Fsp3) is 0.619. The van der Waals surface area contributed by atoms with Crippen LogP contribution >= 0.6 is 0 Å². The van der Waals surface area contributed by atoms with Crippen molar-refractivity contribution in [1.82, 2.24) is 4.90 Å². The van der Waals surface area contributed by atoms with E-state index >= 15 is 0 Å². The molecule has 0 bridgehead atoms. The quantitative estimate of drug-likeness (QED) is 0.802. The molecule has 1 heterocycles. The first-order valence-electron chi connectivity index (χ1n) is 9.97. The molecule has 1 saturated heterocycles. The molecule has 0 aromatic heterocycles. The molecule has 0 spiro atoms. The van der Waals surface area contributed by atoms with Gasteiger partial charge in [-0.25, -0.2) is 0 Å². The van der Waals surface area contributed by atoms with Crippen molar-refractivity contribution in [3.8, 4) is 5.75 Å². The molecular formula is C21H30N2O3. The first-order chi connectivity index (χ1) is 12.6. The number of benzene rings is 1. The highest BCUT2D eigenvalue weighted by molar-refractivity contribution is 5.97. The van der Waals surface area contributed by atoms with Gasteiger partial charge in [-0.15, -0.1) is 0 Å². The van der Waals surface area contributed by atoms with Crippen LogP contribution in [-0.4, -0.2) is 35.4 Å². The van der Waals surface area contributed by atoms with Crippen LogP contribution < -0.4 is 10.1 Å². The Morgan fingerprint density at radius 3 is 2.69 bits per heavy atom. The molecule has 5 nitrogen and oxygen atoms in total. The van der Waals surface area contributed by atoms with E-state index in [1.807, 2.05) is 29.2 Å². The maximum atomic E-state index is 12.6. The third-order valence-electron chi connectivity index (χ3n) is 5.62. The van der Waals surface area contributed by atoms with Crippen LogP contribution in [0.2, 0.25) is 0 Å². The zero-order valence-corrected chi connectivity index (χ0v) is 15.9. The molecule has 1 N–H and O–H groups in total. The van der Waals surface area contributed by atoms with Gasteiger partial charge in [-0.1, -0.05) is 19.9 Å². The van der Waals surface area contributed by atoms with E-state index in [2.05, 4.69) is 19.2 Å². The minimum absolute atomic E-state index is 0.0789. The van der Waals surface area contributed by atoms with Crippen molar-refractivity contribution < 1.29 is 14.3 Å². The number of nitrogens with one attached hydrogen (secondary N) is 1. The Morgan fingerprint density at radius 1 is 1.27 bits per heavy atom. The fourth-order valence-corrected chi connectivity index (χ4v) is 4.08. The highest BCUT2D eigenvalue weighted by atomic mass is 16.5. The van der Waals surface area contributed by atoms with Crippen molar-refractivity contribution in [2.45, 2.75) is 70.9 Å². The van der Waals surface area contributed by atoms with Crippen molar-refractivity contribution >= 4 is 17.5 Å². The van der Waals surface area contributed by atoms with Crippen LogP contribution in [0.3, 0.4) is 0 Å². The predicted octanol–water partition coefficient (Wildman–Crippen LogP) is 3.98. The summed E-state index contributed by atoms with van der Waals surface area (Å²) in [4.78, 5) is 26.8. The number of anilines is 1. The zero-order chi connectivity index (χ0) is 18.5. The first kappa shape index (κ1) is 18.7. The monoisotopic (exact) mass is 358 g/mol. The Hall–Kier alpha value is -2.04. The second kappa shape index (κ2) is 8.56. The third-order valence-corrected chi connectivity index (χ3v) is 5.62. The Labute approximate surface area is 156 Å². The van der Waals surface area contributed by atoms with Crippen molar-refractivity contribution in [1.29, 1.82) is 0 Å². The van der Waals surface area contributed by atoms with Crippen LogP contribution in [0.4, 0.5) is 5.69 Å². The third kappa shape index (κ3) is 4.37. The molecule has 1 aromatic carbocycles. The van der Waals surface area contributed by atoms with Gasteiger partial charge < -0.3 is 15.0 Å². The summed E-state index contributed by atoms with van der Waals surface area (Å²) in [6.45, 7) is 4.70. The van der Waals surface area contributed by atoms with E-state index in [0.29, 0.717) is 19.1 Å². The Morgan fingerprint density at radius 2 is 2.00 bits per heavy atom. The lowest BCUT2D eigenvalue weighted by Gasteiger charge is -2.26. The smallest absolute Gasteiger partial charge is 0.229 e. The van der Waals surface area contributed by atoms with Crippen LogP contribution in [0.5, 0.6) is 5.75 Å². The predicted molar refractivity (Wildman–Crippen MR) is 102 cm³/mol. The highest BCUT2D eigenvalue weighted by Gasteiger charge is 2.36. The minimum atomic E-state index is -0.275. The van der Waals surface area contributed by atoms with E-state index in [1.54, 1.807) is 0 Å². The summed E-state index contributed by atoms with van der Waals surface area (Å²) in [5.74, 6) is 0.542. The van der Waals surface area contributed by atoms with Crippen molar-refractivity contribution in [3.05, 3.63) is 24.3 Å². The summed E-state index contributed by atoms with van der Waals surface area (Å²) < 4.78 is 6.00. The number of nitrogens with zero attached hydrogens (tertiary/aromatic N) is 1. The highest BCUT2D eigenvalue weighted by Crippen LogP contribution is 2.27. The van der Waals surface area contributed by atoms with Crippen LogP contribution in [0.25, 0.3) is 0 Å². The van der Waals surface area contributed by atoms with E-state index < -0.39 is 0 Å². The van der Waals surface area contributed by atoms with Gasteiger partial charge in [0, 0.05) is 30.8 Å². The average molecular weight is 358 g/mol. The molecule has 1 saturated carbocycles. The standard InChI is InChI=1S/C21H30N2O3/c1-3-17(4-2)23-14-15(12-20(23)24)21(25)22-16-8-7-11-19(13-16)26-18-9-5-6-10-18/h7-8,11,13,15,17-18H,3-6,9-10,12,14H2,1-2H3,(H,22,25). The van der Waals surface area contributed by atoms with Gasteiger partial charge in [0.2, 0.25) is 11.8 Å². The summed E-state index contributed by atoms with van der Waals surface area (Å²) >= 11 is 0. The van der Waals surface area contributed by atoms with Gasteiger partial charge >= 0.3 is 0 Å². The van der Waals surface area contributed by atoms with E-state index in [1.165, 1.54) is 12.8 Å². The summed E-state index contributed by atoms with van der Waals surface area (Å²) in [5, 5.41) is 2.97. The minimum Gasteiger partial charge on any atom is -0.490 e. The number of hydrogen-bond acceptors (Lipinski definition) is 3. The van der Waals surface area contributed by atoms with Crippen molar-refractivity contribution in [3.63, 3.8) is 0 Å².